The molecule has 0 radical (unpaired) electrons. The lowest BCUT2D eigenvalue weighted by molar-refractivity contribution is 0.286. The Morgan fingerprint density at radius 1 is 1.29 bits per heavy atom. The molecule has 3 N–H and O–H groups in total. The molecule has 0 saturated carbocycles. The van der Waals surface area contributed by atoms with E-state index in [1.54, 1.807) is 4.68 Å². The Balaban J connectivity index is 2.53. The van der Waals surface area contributed by atoms with Crippen molar-refractivity contribution >= 4 is 0 Å². The highest BCUT2D eigenvalue weighted by atomic mass is 15.4. The van der Waals surface area contributed by atoms with Gasteiger partial charge in [-0.1, -0.05) is 26.0 Å². The molecular weight excluding hydrogens is 214 g/mol. The fourth-order valence-electron chi connectivity index (χ4n) is 2.06. The molecular formula is C12H25N5. The van der Waals surface area contributed by atoms with E-state index in [1.807, 2.05) is 6.20 Å². The second kappa shape index (κ2) is 6.71. The van der Waals surface area contributed by atoms with Gasteiger partial charge >= 0.3 is 0 Å². The minimum absolute atomic E-state index is 0.234. The Bertz CT molecular complexity index is 308. The third-order valence-corrected chi connectivity index (χ3v) is 3.62. The highest BCUT2D eigenvalue weighted by Gasteiger charge is 2.22. The molecule has 5 nitrogen and oxygen atoms in total. The van der Waals surface area contributed by atoms with Gasteiger partial charge in [-0.05, 0) is 19.3 Å². The number of hydrogen-bond donors (Lipinski definition) is 2. The van der Waals surface area contributed by atoms with Crippen LogP contribution < -0.4 is 11.1 Å². The molecule has 1 rings (SSSR count). The summed E-state index contributed by atoms with van der Waals surface area (Å²) < 4.78 is 1.79. The topological polar surface area (TPSA) is 68.8 Å². The summed E-state index contributed by atoms with van der Waals surface area (Å²) in [5, 5.41) is 11.8. The van der Waals surface area contributed by atoms with Crippen LogP contribution in [0.4, 0.5) is 0 Å². The lowest BCUT2D eigenvalue weighted by Gasteiger charge is -2.31. The molecule has 0 aliphatic heterocycles. The van der Waals surface area contributed by atoms with Gasteiger partial charge in [0.1, 0.15) is 0 Å². The van der Waals surface area contributed by atoms with Crippen molar-refractivity contribution in [1.82, 2.24) is 20.3 Å². The molecule has 1 heterocycles. The predicted molar refractivity (Wildman–Crippen MR) is 69.5 cm³/mol. The monoisotopic (exact) mass is 239 g/mol. The standard InChI is InChI=1S/C12H25N5/c1-4-12(5-2,6-3)14-9-11-10-17(8-7-13)16-15-11/h10,14H,4-9,13H2,1-3H3. The van der Waals surface area contributed by atoms with E-state index in [9.17, 15) is 0 Å². The van der Waals surface area contributed by atoms with Crippen LogP contribution >= 0.6 is 0 Å². The van der Waals surface area contributed by atoms with Gasteiger partial charge in [0.25, 0.3) is 0 Å². The number of nitrogens with two attached hydrogens (primary N) is 1. The van der Waals surface area contributed by atoms with Crippen LogP contribution in [0.2, 0.25) is 0 Å². The van der Waals surface area contributed by atoms with Crippen molar-refractivity contribution in [3.05, 3.63) is 11.9 Å². The first-order valence-corrected chi connectivity index (χ1v) is 6.53. The van der Waals surface area contributed by atoms with E-state index < -0.39 is 0 Å². The summed E-state index contributed by atoms with van der Waals surface area (Å²) in [5.41, 5.74) is 6.69. The fourth-order valence-corrected chi connectivity index (χ4v) is 2.06. The third-order valence-electron chi connectivity index (χ3n) is 3.62. The second-order valence-corrected chi connectivity index (χ2v) is 4.46. The molecule has 0 aliphatic rings. The Morgan fingerprint density at radius 2 is 1.94 bits per heavy atom. The first-order valence-electron chi connectivity index (χ1n) is 6.53. The van der Waals surface area contributed by atoms with Crippen LogP contribution in [0.5, 0.6) is 0 Å². The molecule has 0 aromatic carbocycles. The second-order valence-electron chi connectivity index (χ2n) is 4.46. The molecule has 0 aliphatic carbocycles. The van der Waals surface area contributed by atoms with Crippen molar-refractivity contribution in [3.8, 4) is 0 Å². The van der Waals surface area contributed by atoms with Crippen molar-refractivity contribution in [2.24, 2.45) is 5.73 Å². The summed E-state index contributed by atoms with van der Waals surface area (Å²) >= 11 is 0. The summed E-state index contributed by atoms with van der Waals surface area (Å²) in [6.45, 7) is 8.79. The van der Waals surface area contributed by atoms with Gasteiger partial charge in [-0.15, -0.1) is 5.10 Å². The fraction of sp³-hybridized carbons (Fsp3) is 0.833. The molecule has 0 atom stereocenters. The van der Waals surface area contributed by atoms with Crippen molar-refractivity contribution < 1.29 is 0 Å². The van der Waals surface area contributed by atoms with Crippen molar-refractivity contribution in [3.63, 3.8) is 0 Å². The first-order chi connectivity index (χ1) is 8.19. The highest BCUT2D eigenvalue weighted by molar-refractivity contribution is 4.95. The Morgan fingerprint density at radius 3 is 2.47 bits per heavy atom. The average Bonchev–Trinajstić information content (AvgIpc) is 2.80. The molecule has 0 saturated heterocycles. The van der Waals surface area contributed by atoms with Crippen LogP contribution in [-0.2, 0) is 13.1 Å². The molecule has 98 valence electrons. The van der Waals surface area contributed by atoms with Gasteiger partial charge in [-0.3, -0.25) is 4.68 Å². The van der Waals surface area contributed by atoms with Crippen LogP contribution in [-0.4, -0.2) is 27.1 Å². The summed E-state index contributed by atoms with van der Waals surface area (Å²) in [7, 11) is 0. The molecule has 0 amide bonds. The Hall–Kier alpha value is -0.940. The van der Waals surface area contributed by atoms with Crippen molar-refractivity contribution in [1.29, 1.82) is 0 Å². The van der Waals surface area contributed by atoms with Gasteiger partial charge in [-0.2, -0.15) is 0 Å². The van der Waals surface area contributed by atoms with Gasteiger partial charge in [-0.25, -0.2) is 0 Å². The van der Waals surface area contributed by atoms with Crippen LogP contribution in [0.1, 0.15) is 45.7 Å². The molecule has 5 heteroatoms. The van der Waals surface area contributed by atoms with Crippen LogP contribution in [0.25, 0.3) is 0 Å². The number of aromatic nitrogens is 3. The zero-order valence-electron chi connectivity index (χ0n) is 11.2. The van der Waals surface area contributed by atoms with Crippen molar-refractivity contribution in [2.75, 3.05) is 6.54 Å². The number of nitrogens with one attached hydrogen (secondary N) is 1. The van der Waals surface area contributed by atoms with Gasteiger partial charge in [0.15, 0.2) is 0 Å². The maximum absolute atomic E-state index is 5.47. The van der Waals surface area contributed by atoms with Crippen LogP contribution in [0.15, 0.2) is 6.20 Å². The summed E-state index contributed by atoms with van der Waals surface area (Å²) in [6, 6.07) is 0. The zero-order chi connectivity index (χ0) is 12.7. The minimum atomic E-state index is 0.234. The molecule has 0 bridgehead atoms. The summed E-state index contributed by atoms with van der Waals surface area (Å²) in [5.74, 6) is 0. The number of rotatable bonds is 8. The van der Waals surface area contributed by atoms with E-state index in [4.69, 9.17) is 5.73 Å². The Kier molecular flexibility index (Phi) is 5.58. The third kappa shape index (κ3) is 3.78. The summed E-state index contributed by atoms with van der Waals surface area (Å²) in [6.07, 6.45) is 5.37. The maximum atomic E-state index is 5.47. The van der Waals surface area contributed by atoms with E-state index in [-0.39, 0.29) is 5.54 Å². The lowest BCUT2D eigenvalue weighted by Crippen LogP contribution is -2.43. The first kappa shape index (κ1) is 14.1. The molecule has 1 aromatic rings. The predicted octanol–water partition coefficient (Wildman–Crippen LogP) is 1.30. The maximum Gasteiger partial charge on any atom is 0.0965 e. The van der Waals surface area contributed by atoms with E-state index in [0.717, 1.165) is 38.0 Å². The molecule has 0 spiro atoms. The lowest BCUT2D eigenvalue weighted by atomic mass is 9.90. The molecule has 1 aromatic heterocycles. The SMILES string of the molecule is CCC(CC)(CC)NCc1cn(CCN)nn1. The smallest absolute Gasteiger partial charge is 0.0965 e. The molecule has 17 heavy (non-hydrogen) atoms. The van der Waals surface area contributed by atoms with Gasteiger partial charge in [0.2, 0.25) is 0 Å². The zero-order valence-corrected chi connectivity index (χ0v) is 11.2. The Labute approximate surface area is 104 Å². The van der Waals surface area contributed by atoms with Gasteiger partial charge in [0.05, 0.1) is 12.2 Å². The van der Waals surface area contributed by atoms with Crippen molar-refractivity contribution in [2.45, 2.75) is 58.7 Å². The molecule has 0 fully saturated rings. The summed E-state index contributed by atoms with van der Waals surface area (Å²) in [4.78, 5) is 0. The largest absolute Gasteiger partial charge is 0.329 e. The van der Waals surface area contributed by atoms with Gasteiger partial charge < -0.3 is 11.1 Å². The number of hydrogen-bond acceptors (Lipinski definition) is 4. The van der Waals surface area contributed by atoms with E-state index in [2.05, 4.69) is 36.4 Å². The minimum Gasteiger partial charge on any atom is -0.329 e. The van der Waals surface area contributed by atoms with E-state index in [1.165, 1.54) is 0 Å². The molecule has 0 unspecified atom stereocenters. The quantitative estimate of drug-likeness (QED) is 0.717. The van der Waals surface area contributed by atoms with Crippen LogP contribution in [0.3, 0.4) is 0 Å². The van der Waals surface area contributed by atoms with Gasteiger partial charge in [0, 0.05) is 24.8 Å². The van der Waals surface area contributed by atoms with Crippen LogP contribution in [0, 0.1) is 0 Å². The average molecular weight is 239 g/mol. The normalized spacial score (nSPS) is 12.0. The highest BCUT2D eigenvalue weighted by Crippen LogP contribution is 2.19. The van der Waals surface area contributed by atoms with E-state index in [0.29, 0.717) is 6.54 Å². The van der Waals surface area contributed by atoms with E-state index >= 15 is 0 Å². The number of nitrogens with zero attached hydrogens (tertiary/aromatic N) is 3.